The molecule has 0 aromatic heterocycles. The molecule has 0 saturated heterocycles. The summed E-state index contributed by atoms with van der Waals surface area (Å²) in [5, 5.41) is 13.7. The highest BCUT2D eigenvalue weighted by Gasteiger charge is 2.28. The van der Waals surface area contributed by atoms with Crippen LogP contribution in [-0.4, -0.2) is 25.8 Å². The molecule has 32 heavy (non-hydrogen) atoms. The third kappa shape index (κ3) is 4.78. The molecule has 8 nitrogen and oxygen atoms in total. The highest BCUT2D eigenvalue weighted by Crippen LogP contribution is 2.29. The number of nitrogens with one attached hydrogen (secondary N) is 1. The van der Waals surface area contributed by atoms with Gasteiger partial charge in [0.1, 0.15) is 6.54 Å². The number of nitro benzene ring substituents is 1. The molecule has 0 spiro atoms. The summed E-state index contributed by atoms with van der Waals surface area (Å²) in [5.74, 6) is -0.617. The Morgan fingerprint density at radius 2 is 1.66 bits per heavy atom. The first kappa shape index (κ1) is 23.0. The number of nitro groups is 1. The van der Waals surface area contributed by atoms with E-state index in [9.17, 15) is 23.3 Å². The fraction of sp³-hybridized carbons (Fsp3) is 0.174. The summed E-state index contributed by atoms with van der Waals surface area (Å²) < 4.78 is 28.0. The molecule has 1 N–H and O–H groups in total. The van der Waals surface area contributed by atoms with Crippen molar-refractivity contribution in [3.63, 3.8) is 0 Å². The predicted molar refractivity (Wildman–Crippen MR) is 123 cm³/mol. The first-order chi connectivity index (χ1) is 15.1. The fourth-order valence-corrected chi connectivity index (χ4v) is 4.70. The molecule has 0 heterocycles. The van der Waals surface area contributed by atoms with Gasteiger partial charge in [-0.05, 0) is 55.7 Å². The lowest BCUT2D eigenvalue weighted by Crippen LogP contribution is -2.38. The minimum Gasteiger partial charge on any atom is -0.324 e. The number of aryl methyl sites for hydroxylation is 2. The van der Waals surface area contributed by atoms with Gasteiger partial charge in [-0.1, -0.05) is 36.4 Å². The topological polar surface area (TPSA) is 110 Å². The first-order valence-corrected chi connectivity index (χ1v) is 11.2. The van der Waals surface area contributed by atoms with Crippen LogP contribution in [0.15, 0.2) is 71.6 Å². The van der Waals surface area contributed by atoms with Crippen LogP contribution in [0.3, 0.4) is 0 Å². The fourth-order valence-electron chi connectivity index (χ4n) is 3.20. The van der Waals surface area contributed by atoms with Gasteiger partial charge in [-0.15, -0.1) is 0 Å². The molecule has 0 saturated carbocycles. The zero-order valence-corrected chi connectivity index (χ0v) is 18.7. The standard InChI is InChI=1S/C23H23N3O5S/c1-16-8-7-11-22(18(16)3)25(32(30,31)20-9-5-4-6-10-20)15-23(27)24-21-14-19(26(28)29)13-12-17(21)2/h4-14H,15H2,1-3H3,(H,24,27). The van der Waals surface area contributed by atoms with Crippen LogP contribution < -0.4 is 9.62 Å². The highest BCUT2D eigenvalue weighted by molar-refractivity contribution is 7.92. The molecule has 166 valence electrons. The number of amides is 1. The summed E-state index contributed by atoms with van der Waals surface area (Å²) in [4.78, 5) is 23.5. The monoisotopic (exact) mass is 453 g/mol. The van der Waals surface area contributed by atoms with Crippen molar-refractivity contribution >= 4 is 33.0 Å². The minimum atomic E-state index is -4.05. The van der Waals surface area contributed by atoms with Gasteiger partial charge in [0.25, 0.3) is 15.7 Å². The minimum absolute atomic E-state index is 0.0558. The molecular weight excluding hydrogens is 430 g/mol. The maximum absolute atomic E-state index is 13.5. The van der Waals surface area contributed by atoms with Crippen molar-refractivity contribution in [1.82, 2.24) is 0 Å². The quantitative estimate of drug-likeness (QED) is 0.422. The van der Waals surface area contributed by atoms with Gasteiger partial charge in [0.2, 0.25) is 5.91 Å². The van der Waals surface area contributed by atoms with E-state index < -0.39 is 27.4 Å². The molecular formula is C23H23N3O5S. The van der Waals surface area contributed by atoms with Crippen LogP contribution in [0.2, 0.25) is 0 Å². The molecule has 0 aliphatic rings. The number of non-ortho nitro benzene ring substituents is 1. The van der Waals surface area contributed by atoms with Crippen molar-refractivity contribution in [2.45, 2.75) is 25.7 Å². The lowest BCUT2D eigenvalue weighted by atomic mass is 10.1. The van der Waals surface area contributed by atoms with Crippen LogP contribution in [0.25, 0.3) is 0 Å². The van der Waals surface area contributed by atoms with E-state index in [4.69, 9.17) is 0 Å². The van der Waals surface area contributed by atoms with E-state index >= 15 is 0 Å². The molecule has 0 unspecified atom stereocenters. The summed E-state index contributed by atoms with van der Waals surface area (Å²) in [7, 11) is -4.05. The van der Waals surface area contributed by atoms with Crippen molar-refractivity contribution in [1.29, 1.82) is 0 Å². The zero-order valence-electron chi connectivity index (χ0n) is 17.9. The Hall–Kier alpha value is -3.72. The summed E-state index contributed by atoms with van der Waals surface area (Å²) >= 11 is 0. The molecule has 0 atom stereocenters. The van der Waals surface area contributed by atoms with Crippen molar-refractivity contribution in [2.75, 3.05) is 16.2 Å². The maximum Gasteiger partial charge on any atom is 0.271 e. The Labute approximate surface area is 186 Å². The SMILES string of the molecule is Cc1ccc([N+](=O)[O-])cc1NC(=O)CN(c1cccc(C)c1C)S(=O)(=O)c1ccccc1. The van der Waals surface area contributed by atoms with Gasteiger partial charge in [-0.25, -0.2) is 8.42 Å². The van der Waals surface area contributed by atoms with Gasteiger partial charge in [0.15, 0.2) is 0 Å². The third-order valence-electron chi connectivity index (χ3n) is 5.17. The van der Waals surface area contributed by atoms with Crippen LogP contribution in [0.5, 0.6) is 0 Å². The molecule has 0 fully saturated rings. The summed E-state index contributed by atoms with van der Waals surface area (Å²) in [6.07, 6.45) is 0. The summed E-state index contributed by atoms with van der Waals surface area (Å²) in [5.41, 5.74) is 2.70. The smallest absolute Gasteiger partial charge is 0.271 e. The molecule has 3 aromatic carbocycles. The number of nitrogens with zero attached hydrogens (tertiary/aromatic N) is 2. The van der Waals surface area contributed by atoms with E-state index in [1.54, 1.807) is 44.2 Å². The van der Waals surface area contributed by atoms with E-state index in [1.165, 1.54) is 30.3 Å². The van der Waals surface area contributed by atoms with Gasteiger partial charge in [-0.2, -0.15) is 0 Å². The molecule has 0 radical (unpaired) electrons. The Balaban J connectivity index is 2.00. The van der Waals surface area contributed by atoms with Gasteiger partial charge in [0, 0.05) is 12.1 Å². The van der Waals surface area contributed by atoms with E-state index in [0.29, 0.717) is 11.3 Å². The second-order valence-corrected chi connectivity index (χ2v) is 9.21. The largest absolute Gasteiger partial charge is 0.324 e. The average molecular weight is 454 g/mol. The number of hydrogen-bond donors (Lipinski definition) is 1. The van der Waals surface area contributed by atoms with Crippen LogP contribution >= 0.6 is 0 Å². The highest BCUT2D eigenvalue weighted by atomic mass is 32.2. The van der Waals surface area contributed by atoms with Crippen LogP contribution in [-0.2, 0) is 14.8 Å². The van der Waals surface area contributed by atoms with Crippen LogP contribution in [0.4, 0.5) is 17.1 Å². The number of anilines is 2. The molecule has 0 aliphatic carbocycles. The van der Waals surface area contributed by atoms with E-state index in [-0.39, 0.29) is 16.3 Å². The Kier molecular flexibility index (Phi) is 6.59. The normalized spacial score (nSPS) is 11.1. The number of rotatable bonds is 7. The number of carbonyl (C=O) groups is 1. The van der Waals surface area contributed by atoms with Crippen LogP contribution in [0.1, 0.15) is 16.7 Å². The predicted octanol–water partition coefficient (Wildman–Crippen LogP) is 4.35. The zero-order chi connectivity index (χ0) is 23.5. The molecule has 3 rings (SSSR count). The second-order valence-electron chi connectivity index (χ2n) is 7.35. The lowest BCUT2D eigenvalue weighted by molar-refractivity contribution is -0.384. The molecule has 1 amide bonds. The number of hydrogen-bond acceptors (Lipinski definition) is 5. The van der Waals surface area contributed by atoms with Gasteiger partial charge in [0.05, 0.1) is 21.2 Å². The number of sulfonamides is 1. The Morgan fingerprint density at radius 3 is 2.31 bits per heavy atom. The van der Waals surface area contributed by atoms with Crippen molar-refractivity contribution in [3.05, 3.63) is 93.5 Å². The Bertz CT molecular complexity index is 1270. The number of carbonyl (C=O) groups excluding carboxylic acids is 1. The van der Waals surface area contributed by atoms with E-state index in [2.05, 4.69) is 5.32 Å². The summed E-state index contributed by atoms with van der Waals surface area (Å²) in [6.45, 7) is 4.85. The van der Waals surface area contributed by atoms with Gasteiger partial charge in [-0.3, -0.25) is 19.2 Å². The van der Waals surface area contributed by atoms with Crippen molar-refractivity contribution < 1.29 is 18.1 Å². The van der Waals surface area contributed by atoms with Gasteiger partial charge >= 0.3 is 0 Å². The molecule has 3 aromatic rings. The number of benzene rings is 3. The third-order valence-corrected chi connectivity index (χ3v) is 6.94. The van der Waals surface area contributed by atoms with Gasteiger partial charge < -0.3 is 5.32 Å². The van der Waals surface area contributed by atoms with E-state index in [0.717, 1.165) is 15.4 Å². The summed E-state index contributed by atoms with van der Waals surface area (Å²) in [6, 6.07) is 17.2. The maximum atomic E-state index is 13.5. The first-order valence-electron chi connectivity index (χ1n) is 9.80. The lowest BCUT2D eigenvalue weighted by Gasteiger charge is -2.26. The van der Waals surface area contributed by atoms with Crippen LogP contribution in [0, 0.1) is 30.9 Å². The molecule has 9 heteroatoms. The average Bonchev–Trinajstić information content (AvgIpc) is 2.76. The molecule has 0 aliphatic heterocycles. The van der Waals surface area contributed by atoms with E-state index in [1.807, 2.05) is 13.0 Å². The van der Waals surface area contributed by atoms with Crippen molar-refractivity contribution in [2.24, 2.45) is 0 Å². The Morgan fingerprint density at radius 1 is 0.969 bits per heavy atom. The second kappa shape index (κ2) is 9.19. The molecule has 0 bridgehead atoms. The van der Waals surface area contributed by atoms with Crippen molar-refractivity contribution in [3.8, 4) is 0 Å².